The minimum atomic E-state index is 0.633. The van der Waals surface area contributed by atoms with E-state index in [0.717, 1.165) is 35.5 Å². The van der Waals surface area contributed by atoms with E-state index in [1.165, 1.54) is 5.56 Å². The van der Waals surface area contributed by atoms with Crippen LogP contribution in [-0.4, -0.2) is 18.6 Å². The first-order valence-corrected chi connectivity index (χ1v) is 7.05. The quantitative estimate of drug-likeness (QED) is 0.776. The van der Waals surface area contributed by atoms with E-state index in [1.54, 1.807) is 7.11 Å². The molecule has 1 N–H and O–H groups in total. The topological polar surface area (TPSA) is 47.3 Å². The molecule has 2 aromatic carbocycles. The van der Waals surface area contributed by atoms with Crippen LogP contribution in [0.1, 0.15) is 12.5 Å². The molecule has 3 aromatic rings. The van der Waals surface area contributed by atoms with Gasteiger partial charge < -0.3 is 14.5 Å². The van der Waals surface area contributed by atoms with Crippen LogP contribution in [0.25, 0.3) is 22.6 Å². The predicted octanol–water partition coefficient (Wildman–Crippen LogP) is 3.61. The standard InChI is InChI=1S/C17H18N2O2/c1-3-18-11-12-4-9-15-16(10-12)21-17(19-15)13-5-7-14(20-2)8-6-13/h4-10,18H,3,11H2,1-2H3. The number of rotatable bonds is 5. The van der Waals surface area contributed by atoms with Crippen LogP contribution >= 0.6 is 0 Å². The van der Waals surface area contributed by atoms with Crippen LogP contribution in [0.3, 0.4) is 0 Å². The summed E-state index contributed by atoms with van der Waals surface area (Å²) >= 11 is 0. The molecule has 3 rings (SSSR count). The van der Waals surface area contributed by atoms with Gasteiger partial charge in [0.25, 0.3) is 0 Å². The largest absolute Gasteiger partial charge is 0.497 e. The number of methoxy groups -OCH3 is 1. The molecular weight excluding hydrogens is 264 g/mol. The first-order valence-electron chi connectivity index (χ1n) is 7.05. The van der Waals surface area contributed by atoms with Gasteiger partial charge in [0.15, 0.2) is 5.58 Å². The molecule has 0 unspecified atom stereocenters. The highest BCUT2D eigenvalue weighted by atomic mass is 16.5. The fraction of sp³-hybridized carbons (Fsp3) is 0.235. The number of nitrogens with one attached hydrogen (secondary N) is 1. The molecule has 4 nitrogen and oxygen atoms in total. The van der Waals surface area contributed by atoms with Crippen LogP contribution in [0.5, 0.6) is 5.75 Å². The number of aromatic nitrogens is 1. The summed E-state index contributed by atoms with van der Waals surface area (Å²) in [6.45, 7) is 3.88. The zero-order valence-corrected chi connectivity index (χ0v) is 12.2. The molecule has 0 bridgehead atoms. The van der Waals surface area contributed by atoms with Crippen molar-refractivity contribution in [3.8, 4) is 17.2 Å². The fourth-order valence-corrected chi connectivity index (χ4v) is 2.21. The van der Waals surface area contributed by atoms with Gasteiger partial charge in [0, 0.05) is 12.1 Å². The van der Waals surface area contributed by atoms with Gasteiger partial charge in [-0.05, 0) is 48.5 Å². The Morgan fingerprint density at radius 2 is 1.95 bits per heavy atom. The molecule has 0 spiro atoms. The van der Waals surface area contributed by atoms with E-state index >= 15 is 0 Å². The molecule has 0 atom stereocenters. The first-order chi connectivity index (χ1) is 10.3. The molecule has 0 aliphatic rings. The smallest absolute Gasteiger partial charge is 0.227 e. The van der Waals surface area contributed by atoms with Crippen molar-refractivity contribution in [2.45, 2.75) is 13.5 Å². The second-order valence-electron chi connectivity index (χ2n) is 4.83. The average Bonchev–Trinajstić information content (AvgIpc) is 2.96. The maximum Gasteiger partial charge on any atom is 0.227 e. The first kappa shape index (κ1) is 13.6. The van der Waals surface area contributed by atoms with Gasteiger partial charge >= 0.3 is 0 Å². The summed E-state index contributed by atoms with van der Waals surface area (Å²) in [4.78, 5) is 4.53. The van der Waals surface area contributed by atoms with Crippen LogP contribution in [0.4, 0.5) is 0 Å². The Kier molecular flexibility index (Phi) is 3.88. The number of nitrogens with zero attached hydrogens (tertiary/aromatic N) is 1. The predicted molar refractivity (Wildman–Crippen MR) is 83.4 cm³/mol. The molecule has 0 aliphatic heterocycles. The van der Waals surface area contributed by atoms with E-state index in [-0.39, 0.29) is 0 Å². The van der Waals surface area contributed by atoms with Gasteiger partial charge in [-0.3, -0.25) is 0 Å². The van der Waals surface area contributed by atoms with Gasteiger partial charge in [-0.2, -0.15) is 0 Å². The zero-order valence-electron chi connectivity index (χ0n) is 12.2. The number of hydrogen-bond donors (Lipinski definition) is 1. The van der Waals surface area contributed by atoms with Gasteiger partial charge in [0.2, 0.25) is 5.89 Å². The summed E-state index contributed by atoms with van der Waals surface area (Å²) < 4.78 is 11.0. The fourth-order valence-electron chi connectivity index (χ4n) is 2.21. The minimum absolute atomic E-state index is 0.633. The molecule has 0 saturated carbocycles. The van der Waals surface area contributed by atoms with E-state index < -0.39 is 0 Å². The van der Waals surface area contributed by atoms with E-state index in [2.05, 4.69) is 23.3 Å². The van der Waals surface area contributed by atoms with Crippen molar-refractivity contribution in [2.75, 3.05) is 13.7 Å². The van der Waals surface area contributed by atoms with Gasteiger partial charge in [-0.15, -0.1) is 0 Å². The van der Waals surface area contributed by atoms with Crippen molar-refractivity contribution in [2.24, 2.45) is 0 Å². The highest BCUT2D eigenvalue weighted by Crippen LogP contribution is 2.26. The number of fused-ring (bicyclic) bond motifs is 1. The second kappa shape index (κ2) is 5.97. The monoisotopic (exact) mass is 282 g/mol. The van der Waals surface area contributed by atoms with Gasteiger partial charge in [-0.1, -0.05) is 13.0 Å². The molecular formula is C17H18N2O2. The lowest BCUT2D eigenvalue weighted by atomic mass is 10.2. The molecule has 4 heteroatoms. The lowest BCUT2D eigenvalue weighted by Crippen LogP contribution is -2.11. The molecule has 0 aliphatic carbocycles. The van der Waals surface area contributed by atoms with E-state index in [1.807, 2.05) is 36.4 Å². The van der Waals surface area contributed by atoms with Crippen LogP contribution < -0.4 is 10.1 Å². The van der Waals surface area contributed by atoms with Crippen molar-refractivity contribution in [3.05, 3.63) is 48.0 Å². The molecule has 0 fully saturated rings. The maximum absolute atomic E-state index is 5.87. The molecule has 0 radical (unpaired) electrons. The molecule has 21 heavy (non-hydrogen) atoms. The summed E-state index contributed by atoms with van der Waals surface area (Å²) in [6.07, 6.45) is 0. The van der Waals surface area contributed by atoms with Gasteiger partial charge in [-0.25, -0.2) is 4.98 Å². The third-order valence-corrected chi connectivity index (χ3v) is 3.37. The Hall–Kier alpha value is -2.33. The van der Waals surface area contributed by atoms with Gasteiger partial charge in [0.1, 0.15) is 11.3 Å². The lowest BCUT2D eigenvalue weighted by Gasteiger charge is -2.00. The third-order valence-electron chi connectivity index (χ3n) is 3.37. The third kappa shape index (κ3) is 2.90. The van der Waals surface area contributed by atoms with Crippen molar-refractivity contribution in [1.82, 2.24) is 10.3 Å². The van der Waals surface area contributed by atoms with Crippen LogP contribution in [0.15, 0.2) is 46.9 Å². The Morgan fingerprint density at radius 1 is 1.14 bits per heavy atom. The average molecular weight is 282 g/mol. The molecule has 0 amide bonds. The Bertz CT molecular complexity index is 732. The Balaban J connectivity index is 1.92. The maximum atomic E-state index is 5.87. The lowest BCUT2D eigenvalue weighted by molar-refractivity contribution is 0.415. The van der Waals surface area contributed by atoms with E-state index in [9.17, 15) is 0 Å². The highest BCUT2D eigenvalue weighted by molar-refractivity contribution is 5.77. The summed E-state index contributed by atoms with van der Waals surface area (Å²) in [7, 11) is 1.65. The highest BCUT2D eigenvalue weighted by Gasteiger charge is 2.09. The number of hydrogen-bond acceptors (Lipinski definition) is 4. The summed E-state index contributed by atoms with van der Waals surface area (Å²) in [5.74, 6) is 1.45. The van der Waals surface area contributed by atoms with Crippen LogP contribution in [-0.2, 0) is 6.54 Å². The van der Waals surface area contributed by atoms with Crippen molar-refractivity contribution >= 4 is 11.1 Å². The summed E-state index contributed by atoms with van der Waals surface area (Å²) in [6, 6.07) is 13.8. The summed E-state index contributed by atoms with van der Waals surface area (Å²) in [5, 5.41) is 3.30. The van der Waals surface area contributed by atoms with Gasteiger partial charge in [0.05, 0.1) is 7.11 Å². The van der Waals surface area contributed by atoms with E-state index in [0.29, 0.717) is 5.89 Å². The van der Waals surface area contributed by atoms with Crippen LogP contribution in [0, 0.1) is 0 Å². The molecule has 0 saturated heterocycles. The second-order valence-corrected chi connectivity index (χ2v) is 4.83. The molecule has 108 valence electrons. The normalized spacial score (nSPS) is 11.0. The zero-order chi connectivity index (χ0) is 14.7. The van der Waals surface area contributed by atoms with Crippen LogP contribution in [0.2, 0.25) is 0 Å². The van der Waals surface area contributed by atoms with Crippen molar-refractivity contribution in [3.63, 3.8) is 0 Å². The van der Waals surface area contributed by atoms with E-state index in [4.69, 9.17) is 9.15 Å². The molecule has 1 heterocycles. The minimum Gasteiger partial charge on any atom is -0.497 e. The van der Waals surface area contributed by atoms with Crippen molar-refractivity contribution < 1.29 is 9.15 Å². The SMILES string of the molecule is CCNCc1ccc2nc(-c3ccc(OC)cc3)oc2c1. The number of ether oxygens (including phenoxy) is 1. The molecule has 1 aromatic heterocycles. The Morgan fingerprint density at radius 3 is 2.67 bits per heavy atom. The Labute approximate surface area is 123 Å². The number of benzene rings is 2. The van der Waals surface area contributed by atoms with Crippen molar-refractivity contribution in [1.29, 1.82) is 0 Å². The number of oxazole rings is 1. The summed E-state index contributed by atoms with van der Waals surface area (Å²) in [5.41, 5.74) is 3.83.